The quantitative estimate of drug-likeness (QED) is 0.784. The zero-order valence-corrected chi connectivity index (χ0v) is 11.3. The molecule has 20 heavy (non-hydrogen) atoms. The number of aromatic carboxylic acids is 1. The van der Waals surface area contributed by atoms with Gasteiger partial charge in [0.15, 0.2) is 0 Å². The lowest BCUT2D eigenvalue weighted by Gasteiger charge is -2.11. The number of carboxylic acids is 1. The Balaban J connectivity index is 1.87. The highest BCUT2D eigenvalue weighted by molar-refractivity contribution is 5.92. The van der Waals surface area contributed by atoms with Gasteiger partial charge in [-0.25, -0.2) is 9.59 Å². The van der Waals surface area contributed by atoms with Crippen LogP contribution in [0.5, 0.6) is 0 Å². The van der Waals surface area contributed by atoms with Crippen LogP contribution >= 0.6 is 0 Å². The minimum Gasteiger partial charge on any atom is -0.478 e. The zero-order chi connectivity index (χ0) is 14.5. The first kappa shape index (κ1) is 14.3. The second kappa shape index (κ2) is 6.38. The molecule has 1 aliphatic heterocycles. The fourth-order valence-corrected chi connectivity index (χ4v) is 2.14. The van der Waals surface area contributed by atoms with E-state index < -0.39 is 5.97 Å². The molecule has 2 amide bonds. The number of amides is 2. The molecule has 6 heteroatoms. The number of ether oxygens (including phenoxy) is 1. The van der Waals surface area contributed by atoms with Crippen LogP contribution in [0.25, 0.3) is 0 Å². The fraction of sp³-hybridized carbons (Fsp3) is 0.429. The molecule has 1 aliphatic rings. The van der Waals surface area contributed by atoms with Crippen molar-refractivity contribution in [2.24, 2.45) is 5.92 Å². The van der Waals surface area contributed by atoms with Crippen LogP contribution in [0.4, 0.5) is 10.5 Å². The van der Waals surface area contributed by atoms with Gasteiger partial charge in [-0.05, 0) is 37.1 Å². The highest BCUT2D eigenvalue weighted by Gasteiger charge is 2.16. The summed E-state index contributed by atoms with van der Waals surface area (Å²) in [6.07, 6.45) is 0.965. The maximum absolute atomic E-state index is 11.7. The number of aryl methyl sites for hydroxylation is 1. The topological polar surface area (TPSA) is 87.7 Å². The average molecular weight is 278 g/mol. The lowest BCUT2D eigenvalue weighted by molar-refractivity contribution is 0.0696. The van der Waals surface area contributed by atoms with Crippen molar-refractivity contribution >= 4 is 17.7 Å². The Morgan fingerprint density at radius 2 is 2.25 bits per heavy atom. The fourth-order valence-electron chi connectivity index (χ4n) is 2.14. The predicted octanol–water partition coefficient (Wildman–Crippen LogP) is 1.85. The molecule has 1 aromatic rings. The minimum atomic E-state index is -0.972. The van der Waals surface area contributed by atoms with Crippen molar-refractivity contribution in [3.05, 3.63) is 29.3 Å². The highest BCUT2D eigenvalue weighted by atomic mass is 16.5. The van der Waals surface area contributed by atoms with E-state index in [0.717, 1.165) is 13.0 Å². The molecule has 1 fully saturated rings. The molecule has 1 saturated heterocycles. The number of nitrogens with one attached hydrogen (secondary N) is 2. The second-order valence-corrected chi connectivity index (χ2v) is 4.90. The van der Waals surface area contributed by atoms with Crippen LogP contribution in [0.1, 0.15) is 22.3 Å². The third-order valence-electron chi connectivity index (χ3n) is 3.29. The number of carbonyl (C=O) groups excluding carboxylic acids is 1. The number of benzene rings is 1. The van der Waals surface area contributed by atoms with Crippen molar-refractivity contribution in [3.8, 4) is 0 Å². The number of hydrogen-bond donors (Lipinski definition) is 3. The van der Waals surface area contributed by atoms with Gasteiger partial charge in [-0.15, -0.1) is 0 Å². The Labute approximate surface area is 117 Å². The largest absolute Gasteiger partial charge is 0.478 e. The van der Waals surface area contributed by atoms with Gasteiger partial charge in [0.25, 0.3) is 0 Å². The molecule has 0 spiro atoms. The van der Waals surface area contributed by atoms with Crippen molar-refractivity contribution in [3.63, 3.8) is 0 Å². The third kappa shape index (κ3) is 3.71. The molecule has 0 saturated carbocycles. The molecule has 1 aromatic carbocycles. The van der Waals surface area contributed by atoms with E-state index in [1.807, 2.05) is 0 Å². The number of carbonyl (C=O) groups is 2. The van der Waals surface area contributed by atoms with Gasteiger partial charge >= 0.3 is 12.0 Å². The van der Waals surface area contributed by atoms with E-state index in [9.17, 15) is 9.59 Å². The lowest BCUT2D eigenvalue weighted by atomic mass is 10.1. The normalized spacial score (nSPS) is 17.8. The summed E-state index contributed by atoms with van der Waals surface area (Å²) in [5.74, 6) is -0.600. The van der Waals surface area contributed by atoms with E-state index >= 15 is 0 Å². The molecule has 0 bridgehead atoms. The second-order valence-electron chi connectivity index (χ2n) is 4.90. The summed E-state index contributed by atoms with van der Waals surface area (Å²) in [6, 6.07) is 4.41. The smallest absolute Gasteiger partial charge is 0.335 e. The van der Waals surface area contributed by atoms with Crippen LogP contribution in [0.3, 0.4) is 0 Å². The van der Waals surface area contributed by atoms with Crippen molar-refractivity contribution < 1.29 is 19.4 Å². The van der Waals surface area contributed by atoms with Crippen LogP contribution in [0, 0.1) is 12.8 Å². The first-order valence-corrected chi connectivity index (χ1v) is 6.53. The van der Waals surface area contributed by atoms with E-state index in [1.165, 1.54) is 6.07 Å². The predicted molar refractivity (Wildman–Crippen MR) is 74.1 cm³/mol. The average Bonchev–Trinajstić information content (AvgIpc) is 2.89. The number of urea groups is 1. The van der Waals surface area contributed by atoms with E-state index in [1.54, 1.807) is 19.1 Å². The molecular weight excluding hydrogens is 260 g/mol. The van der Waals surface area contributed by atoms with E-state index in [4.69, 9.17) is 9.84 Å². The maximum atomic E-state index is 11.7. The Kier molecular flexibility index (Phi) is 4.57. The Morgan fingerprint density at radius 3 is 2.85 bits per heavy atom. The highest BCUT2D eigenvalue weighted by Crippen LogP contribution is 2.15. The van der Waals surface area contributed by atoms with Gasteiger partial charge < -0.3 is 20.5 Å². The molecule has 108 valence electrons. The third-order valence-corrected chi connectivity index (χ3v) is 3.29. The Bertz CT molecular complexity index is 510. The van der Waals surface area contributed by atoms with Gasteiger partial charge in [-0.2, -0.15) is 0 Å². The zero-order valence-electron chi connectivity index (χ0n) is 11.3. The molecule has 3 N–H and O–H groups in total. The molecule has 0 aromatic heterocycles. The van der Waals surface area contributed by atoms with Crippen molar-refractivity contribution in [1.29, 1.82) is 0 Å². The maximum Gasteiger partial charge on any atom is 0.335 e. The van der Waals surface area contributed by atoms with Crippen LogP contribution in [-0.4, -0.2) is 36.9 Å². The first-order chi connectivity index (χ1) is 9.56. The SMILES string of the molecule is Cc1cc(NC(=O)NCC2CCOC2)ccc1C(=O)O. The van der Waals surface area contributed by atoms with Gasteiger partial charge in [-0.3, -0.25) is 0 Å². The van der Waals surface area contributed by atoms with Gasteiger partial charge in [0.05, 0.1) is 12.2 Å². The van der Waals surface area contributed by atoms with Crippen LogP contribution in [-0.2, 0) is 4.74 Å². The molecule has 6 nitrogen and oxygen atoms in total. The first-order valence-electron chi connectivity index (χ1n) is 6.53. The monoisotopic (exact) mass is 278 g/mol. The van der Waals surface area contributed by atoms with Crippen molar-refractivity contribution in [1.82, 2.24) is 5.32 Å². The van der Waals surface area contributed by atoms with Crippen LogP contribution in [0.15, 0.2) is 18.2 Å². The van der Waals surface area contributed by atoms with Crippen LogP contribution in [0.2, 0.25) is 0 Å². The number of rotatable bonds is 4. The summed E-state index contributed by atoms with van der Waals surface area (Å²) in [7, 11) is 0. The van der Waals surface area contributed by atoms with Gasteiger partial charge in [-0.1, -0.05) is 0 Å². The van der Waals surface area contributed by atoms with Gasteiger partial charge in [0, 0.05) is 24.8 Å². The minimum absolute atomic E-state index is 0.235. The summed E-state index contributed by atoms with van der Waals surface area (Å²) in [6.45, 7) is 3.72. The number of hydrogen-bond acceptors (Lipinski definition) is 3. The lowest BCUT2D eigenvalue weighted by Crippen LogP contribution is -2.33. The Morgan fingerprint density at radius 1 is 1.45 bits per heavy atom. The summed E-state index contributed by atoms with van der Waals surface area (Å²) >= 11 is 0. The molecular formula is C14H18N2O4. The van der Waals surface area contributed by atoms with E-state index in [-0.39, 0.29) is 11.6 Å². The molecule has 2 rings (SSSR count). The number of carboxylic acid groups (broad SMARTS) is 1. The van der Waals surface area contributed by atoms with E-state index in [0.29, 0.717) is 30.3 Å². The summed E-state index contributed by atoms with van der Waals surface area (Å²) in [5.41, 5.74) is 1.42. The Hall–Kier alpha value is -2.08. The molecule has 1 atom stereocenters. The van der Waals surface area contributed by atoms with E-state index in [2.05, 4.69) is 10.6 Å². The van der Waals surface area contributed by atoms with Crippen LogP contribution < -0.4 is 10.6 Å². The van der Waals surface area contributed by atoms with Crippen molar-refractivity contribution in [2.75, 3.05) is 25.1 Å². The van der Waals surface area contributed by atoms with Gasteiger partial charge in [0.2, 0.25) is 0 Å². The van der Waals surface area contributed by atoms with Gasteiger partial charge in [0.1, 0.15) is 0 Å². The molecule has 1 unspecified atom stereocenters. The molecule has 0 radical (unpaired) electrons. The summed E-state index contributed by atoms with van der Waals surface area (Å²) in [4.78, 5) is 22.6. The number of anilines is 1. The molecule has 1 heterocycles. The standard InChI is InChI=1S/C14H18N2O4/c1-9-6-11(2-3-12(9)13(17)18)16-14(19)15-7-10-4-5-20-8-10/h2-3,6,10H,4-5,7-8H2,1H3,(H,17,18)(H2,15,16,19). The summed E-state index contributed by atoms with van der Waals surface area (Å²) in [5, 5.41) is 14.4. The van der Waals surface area contributed by atoms with Crippen molar-refractivity contribution in [2.45, 2.75) is 13.3 Å². The summed E-state index contributed by atoms with van der Waals surface area (Å²) < 4.78 is 5.23. The molecule has 0 aliphatic carbocycles.